The first-order valence-corrected chi connectivity index (χ1v) is 4.67. The zero-order valence-electron chi connectivity index (χ0n) is 9.50. The zero-order valence-corrected chi connectivity index (χ0v) is 9.50. The lowest BCUT2D eigenvalue weighted by molar-refractivity contribution is -0.138. The van der Waals surface area contributed by atoms with Gasteiger partial charge in [-0.3, -0.25) is 4.79 Å². The Hall–Kier alpha value is -2.05. The third kappa shape index (κ3) is 2.61. The molecule has 0 unspecified atom stereocenters. The molecule has 0 atom stereocenters. The van der Waals surface area contributed by atoms with E-state index in [-0.39, 0.29) is 17.4 Å². The second-order valence-electron chi connectivity index (χ2n) is 3.25. The summed E-state index contributed by atoms with van der Waals surface area (Å²) in [4.78, 5) is 21.9. The van der Waals surface area contributed by atoms with E-state index in [2.05, 4.69) is 9.47 Å². The Labute approximate surface area is 100 Å². The van der Waals surface area contributed by atoms with Crippen molar-refractivity contribution in [3.05, 3.63) is 28.8 Å². The van der Waals surface area contributed by atoms with Crippen molar-refractivity contribution in [2.75, 3.05) is 14.2 Å². The highest BCUT2D eigenvalue weighted by Gasteiger charge is 2.36. The van der Waals surface area contributed by atoms with Crippen LogP contribution in [0.15, 0.2) is 12.1 Å². The van der Waals surface area contributed by atoms with Crippen LogP contribution in [0.2, 0.25) is 0 Å². The number of carbonyl (C=O) groups excluding carboxylic acids is 2. The molecule has 1 aromatic rings. The molecule has 0 saturated heterocycles. The van der Waals surface area contributed by atoms with Gasteiger partial charge in [-0.25, -0.2) is 4.79 Å². The van der Waals surface area contributed by atoms with E-state index in [0.29, 0.717) is 6.07 Å². The van der Waals surface area contributed by atoms with Gasteiger partial charge in [-0.15, -0.1) is 0 Å². The number of rotatable bonds is 3. The number of ether oxygens (including phenoxy) is 2. The van der Waals surface area contributed by atoms with Gasteiger partial charge in [-0.1, -0.05) is 0 Å². The van der Waals surface area contributed by atoms with Crippen molar-refractivity contribution in [3.63, 3.8) is 0 Å². The summed E-state index contributed by atoms with van der Waals surface area (Å²) in [7, 11) is 2.04. The molecule has 0 fully saturated rings. The summed E-state index contributed by atoms with van der Waals surface area (Å²) in [5, 5.41) is 0. The molecule has 1 rings (SSSR count). The Morgan fingerprint density at radius 3 is 2.28 bits per heavy atom. The van der Waals surface area contributed by atoms with Gasteiger partial charge in [0.05, 0.1) is 30.9 Å². The van der Waals surface area contributed by atoms with Gasteiger partial charge in [-0.05, 0) is 12.1 Å². The molecule has 0 saturated carbocycles. The molecule has 0 aliphatic rings. The first-order chi connectivity index (χ1) is 8.35. The van der Waals surface area contributed by atoms with Crippen LogP contribution in [0.1, 0.15) is 26.3 Å². The summed E-state index contributed by atoms with van der Waals surface area (Å²) in [6.45, 7) is 0. The van der Waals surface area contributed by atoms with Gasteiger partial charge in [0.2, 0.25) is 0 Å². The third-order valence-corrected chi connectivity index (χ3v) is 2.18. The highest BCUT2D eigenvalue weighted by Crippen LogP contribution is 2.38. The molecule has 0 bridgehead atoms. The number of methoxy groups -OCH3 is 2. The van der Waals surface area contributed by atoms with Crippen LogP contribution in [0.4, 0.5) is 13.2 Å². The molecule has 4 nitrogen and oxygen atoms in total. The fraction of sp³-hybridized carbons (Fsp3) is 0.273. The number of benzene rings is 1. The van der Waals surface area contributed by atoms with E-state index in [1.165, 1.54) is 0 Å². The average molecular weight is 262 g/mol. The van der Waals surface area contributed by atoms with Gasteiger partial charge in [-0.2, -0.15) is 13.2 Å². The lowest BCUT2D eigenvalue weighted by Crippen LogP contribution is -2.12. The van der Waals surface area contributed by atoms with Crippen LogP contribution >= 0.6 is 0 Å². The SMILES string of the molecule is COC(=O)c1cc(C=O)c(OC)c(C(F)(F)F)c1. The van der Waals surface area contributed by atoms with Crippen LogP contribution < -0.4 is 4.74 Å². The first kappa shape index (κ1) is 14.0. The number of hydrogen-bond donors (Lipinski definition) is 0. The molecule has 0 N–H and O–H groups in total. The van der Waals surface area contributed by atoms with Gasteiger partial charge in [0.15, 0.2) is 6.29 Å². The number of aldehydes is 1. The van der Waals surface area contributed by atoms with Crippen LogP contribution in [-0.2, 0) is 10.9 Å². The maximum absolute atomic E-state index is 12.8. The minimum absolute atomic E-state index is 0.181. The second kappa shape index (κ2) is 5.07. The van der Waals surface area contributed by atoms with Crippen molar-refractivity contribution >= 4 is 12.3 Å². The van der Waals surface area contributed by atoms with Crippen LogP contribution in [0.3, 0.4) is 0 Å². The number of alkyl halides is 3. The summed E-state index contributed by atoms with van der Waals surface area (Å²) >= 11 is 0. The summed E-state index contributed by atoms with van der Waals surface area (Å²) in [5.41, 5.74) is -1.93. The Kier molecular flexibility index (Phi) is 3.95. The average Bonchev–Trinajstić information content (AvgIpc) is 2.34. The molecule has 0 aliphatic heterocycles. The van der Waals surface area contributed by atoms with Crippen molar-refractivity contribution < 1.29 is 32.2 Å². The third-order valence-electron chi connectivity index (χ3n) is 2.18. The molecule has 98 valence electrons. The van der Waals surface area contributed by atoms with E-state index in [1.807, 2.05) is 0 Å². The maximum Gasteiger partial charge on any atom is 0.420 e. The number of esters is 1. The number of carbonyl (C=O) groups is 2. The fourth-order valence-corrected chi connectivity index (χ4v) is 1.41. The van der Waals surface area contributed by atoms with E-state index < -0.39 is 23.5 Å². The van der Waals surface area contributed by atoms with Crippen molar-refractivity contribution in [1.82, 2.24) is 0 Å². The predicted molar refractivity (Wildman–Crippen MR) is 54.7 cm³/mol. The summed E-state index contributed by atoms with van der Waals surface area (Å²) in [6, 6.07) is 1.56. The molecule has 7 heteroatoms. The largest absolute Gasteiger partial charge is 0.495 e. The van der Waals surface area contributed by atoms with Crippen molar-refractivity contribution in [2.45, 2.75) is 6.18 Å². The minimum atomic E-state index is -4.74. The van der Waals surface area contributed by atoms with Crippen molar-refractivity contribution in [2.24, 2.45) is 0 Å². The standard InChI is InChI=1S/C11H9F3O4/c1-17-9-7(5-15)3-6(10(16)18-2)4-8(9)11(12,13)14/h3-5H,1-2H3. The fourth-order valence-electron chi connectivity index (χ4n) is 1.41. The molecule has 0 spiro atoms. The Bertz CT molecular complexity index is 480. The first-order valence-electron chi connectivity index (χ1n) is 4.67. The topological polar surface area (TPSA) is 52.6 Å². The van der Waals surface area contributed by atoms with E-state index in [1.54, 1.807) is 0 Å². The molecule has 0 aromatic heterocycles. The van der Waals surface area contributed by atoms with Crippen molar-refractivity contribution in [1.29, 1.82) is 0 Å². The number of hydrogen-bond acceptors (Lipinski definition) is 4. The Morgan fingerprint density at radius 1 is 1.28 bits per heavy atom. The molecule has 0 heterocycles. The molecule has 0 aliphatic carbocycles. The Balaban J connectivity index is 3.56. The molecular formula is C11H9F3O4. The normalized spacial score (nSPS) is 10.9. The predicted octanol–water partition coefficient (Wildman–Crippen LogP) is 2.31. The quantitative estimate of drug-likeness (QED) is 0.619. The molecule has 18 heavy (non-hydrogen) atoms. The molecule has 1 aromatic carbocycles. The van der Waals surface area contributed by atoms with E-state index in [0.717, 1.165) is 20.3 Å². The zero-order chi connectivity index (χ0) is 13.9. The van der Waals surface area contributed by atoms with Gasteiger partial charge >= 0.3 is 12.1 Å². The van der Waals surface area contributed by atoms with Gasteiger partial charge in [0.25, 0.3) is 0 Å². The van der Waals surface area contributed by atoms with E-state index in [9.17, 15) is 22.8 Å². The number of halogens is 3. The lowest BCUT2D eigenvalue weighted by Gasteiger charge is -2.14. The second-order valence-corrected chi connectivity index (χ2v) is 3.25. The van der Waals surface area contributed by atoms with E-state index in [4.69, 9.17) is 0 Å². The highest BCUT2D eigenvalue weighted by atomic mass is 19.4. The van der Waals surface area contributed by atoms with Crippen LogP contribution in [0.25, 0.3) is 0 Å². The molecular weight excluding hydrogens is 253 g/mol. The minimum Gasteiger partial charge on any atom is -0.495 e. The highest BCUT2D eigenvalue weighted by molar-refractivity contribution is 5.93. The lowest BCUT2D eigenvalue weighted by atomic mass is 10.0. The van der Waals surface area contributed by atoms with Gasteiger partial charge in [0.1, 0.15) is 5.75 Å². The van der Waals surface area contributed by atoms with Gasteiger partial charge in [0, 0.05) is 0 Å². The Morgan fingerprint density at radius 2 is 1.89 bits per heavy atom. The molecule has 0 radical (unpaired) electrons. The summed E-state index contributed by atoms with van der Waals surface area (Å²) in [6.07, 6.45) is -4.56. The maximum atomic E-state index is 12.8. The van der Waals surface area contributed by atoms with Crippen LogP contribution in [0.5, 0.6) is 5.75 Å². The monoisotopic (exact) mass is 262 g/mol. The summed E-state index contributed by atoms with van der Waals surface area (Å²) < 4.78 is 47.1. The van der Waals surface area contributed by atoms with Gasteiger partial charge < -0.3 is 9.47 Å². The molecule has 0 amide bonds. The van der Waals surface area contributed by atoms with E-state index >= 15 is 0 Å². The van der Waals surface area contributed by atoms with Crippen LogP contribution in [0, 0.1) is 0 Å². The smallest absolute Gasteiger partial charge is 0.420 e. The van der Waals surface area contributed by atoms with Crippen LogP contribution in [-0.4, -0.2) is 26.5 Å². The van der Waals surface area contributed by atoms with Crippen molar-refractivity contribution in [3.8, 4) is 5.75 Å². The summed E-state index contributed by atoms with van der Waals surface area (Å²) in [5.74, 6) is -1.59.